The van der Waals surface area contributed by atoms with Crippen molar-refractivity contribution in [1.82, 2.24) is 4.98 Å². The van der Waals surface area contributed by atoms with Crippen molar-refractivity contribution in [3.63, 3.8) is 0 Å². The van der Waals surface area contributed by atoms with E-state index in [2.05, 4.69) is 4.98 Å². The van der Waals surface area contributed by atoms with Gasteiger partial charge < -0.3 is 4.90 Å². The average Bonchev–Trinajstić information content (AvgIpc) is 2.60. The third-order valence-corrected chi connectivity index (χ3v) is 3.51. The number of carbonyl (C=O) groups excluding carboxylic acids is 1. The molecule has 1 amide bonds. The molecule has 3 nitrogen and oxygen atoms in total. The molecule has 2 rings (SSSR count). The van der Waals surface area contributed by atoms with Crippen LogP contribution in [0.2, 0.25) is 10.0 Å². The van der Waals surface area contributed by atoms with E-state index < -0.39 is 0 Å². The first-order valence-electron chi connectivity index (χ1n) is 4.78. The normalized spacial score (nSPS) is 20.6. The van der Waals surface area contributed by atoms with Crippen LogP contribution in [0.5, 0.6) is 0 Å². The second kappa shape index (κ2) is 4.78. The maximum absolute atomic E-state index is 11.8. The maximum atomic E-state index is 11.8. The van der Waals surface area contributed by atoms with Gasteiger partial charge in [0.2, 0.25) is 5.91 Å². The molecule has 0 N–H and O–H groups in total. The van der Waals surface area contributed by atoms with Crippen LogP contribution < -0.4 is 4.90 Å². The van der Waals surface area contributed by atoms with Gasteiger partial charge >= 0.3 is 0 Å². The average molecular weight is 280 g/mol. The molecule has 0 radical (unpaired) electrons. The van der Waals surface area contributed by atoms with Gasteiger partial charge in [-0.25, -0.2) is 0 Å². The third kappa shape index (κ3) is 2.12. The number of pyridine rings is 1. The molecule has 1 aromatic rings. The molecule has 1 aromatic heterocycles. The number of alkyl halides is 1. The smallest absolute Gasteiger partial charge is 0.227 e. The Morgan fingerprint density at radius 2 is 2.00 bits per heavy atom. The van der Waals surface area contributed by atoms with E-state index in [9.17, 15) is 4.79 Å². The monoisotopic (exact) mass is 278 g/mol. The zero-order chi connectivity index (χ0) is 11.7. The zero-order valence-electron chi connectivity index (χ0n) is 8.29. The molecule has 1 aliphatic heterocycles. The summed E-state index contributed by atoms with van der Waals surface area (Å²) in [6.45, 7) is 0.561. The van der Waals surface area contributed by atoms with E-state index >= 15 is 0 Å². The molecule has 16 heavy (non-hydrogen) atoms. The minimum Gasteiger partial charge on any atom is -0.309 e. The maximum Gasteiger partial charge on any atom is 0.227 e. The van der Waals surface area contributed by atoms with Gasteiger partial charge in [-0.05, 0) is 5.92 Å². The summed E-state index contributed by atoms with van der Waals surface area (Å²) in [4.78, 5) is 17.2. The highest BCUT2D eigenvalue weighted by Crippen LogP contribution is 2.36. The van der Waals surface area contributed by atoms with E-state index in [1.165, 1.54) is 12.4 Å². The molecule has 0 aliphatic carbocycles. The van der Waals surface area contributed by atoms with Crippen LogP contribution in [0.15, 0.2) is 12.4 Å². The van der Waals surface area contributed by atoms with Crippen LogP contribution in [0.25, 0.3) is 0 Å². The summed E-state index contributed by atoms with van der Waals surface area (Å²) in [5.74, 6) is 0.623. The summed E-state index contributed by atoms with van der Waals surface area (Å²) in [6.07, 6.45) is 3.40. The Morgan fingerprint density at radius 3 is 2.50 bits per heavy atom. The van der Waals surface area contributed by atoms with Crippen LogP contribution in [-0.4, -0.2) is 23.3 Å². The minimum atomic E-state index is 0.000602. The van der Waals surface area contributed by atoms with E-state index in [-0.39, 0.29) is 11.8 Å². The molecular weight excluding hydrogens is 270 g/mol. The van der Waals surface area contributed by atoms with Gasteiger partial charge in [0.25, 0.3) is 0 Å². The Hall–Kier alpha value is -0.510. The van der Waals surface area contributed by atoms with Crippen molar-refractivity contribution in [2.24, 2.45) is 5.92 Å². The van der Waals surface area contributed by atoms with Gasteiger partial charge in [-0.15, -0.1) is 11.6 Å². The standard InChI is InChI=1S/C10H9Cl3N2O/c11-2-6-1-9(16)15(5-6)10-7(12)3-14-4-8(10)13/h3-4,6H,1-2,5H2. The molecule has 1 saturated heterocycles. The second-order valence-electron chi connectivity index (χ2n) is 3.68. The van der Waals surface area contributed by atoms with Gasteiger partial charge in [0.05, 0.1) is 15.7 Å². The summed E-state index contributed by atoms with van der Waals surface area (Å²) in [6, 6.07) is 0. The van der Waals surface area contributed by atoms with Crippen molar-refractivity contribution in [3.05, 3.63) is 22.4 Å². The van der Waals surface area contributed by atoms with E-state index in [1.807, 2.05) is 0 Å². The van der Waals surface area contributed by atoms with E-state index in [0.717, 1.165) is 0 Å². The van der Waals surface area contributed by atoms with Crippen LogP contribution in [-0.2, 0) is 4.79 Å². The number of nitrogens with zero attached hydrogens (tertiary/aromatic N) is 2. The minimum absolute atomic E-state index is 0.000602. The van der Waals surface area contributed by atoms with Crippen LogP contribution in [0.4, 0.5) is 5.69 Å². The SMILES string of the molecule is O=C1CC(CCl)CN1c1c(Cl)cncc1Cl. The van der Waals surface area contributed by atoms with E-state index in [0.29, 0.717) is 34.6 Å². The lowest BCUT2D eigenvalue weighted by Gasteiger charge is -2.18. The second-order valence-corrected chi connectivity index (χ2v) is 4.80. The fraction of sp³-hybridized carbons (Fsp3) is 0.400. The summed E-state index contributed by atoms with van der Waals surface area (Å²) >= 11 is 17.7. The first-order chi connectivity index (χ1) is 7.63. The Balaban J connectivity index is 2.35. The predicted octanol–water partition coefficient (Wildman–Crippen LogP) is 2.98. The van der Waals surface area contributed by atoms with Crippen LogP contribution >= 0.6 is 34.8 Å². The lowest BCUT2D eigenvalue weighted by molar-refractivity contribution is -0.117. The molecule has 1 fully saturated rings. The number of carbonyl (C=O) groups is 1. The Labute approximate surface area is 108 Å². The van der Waals surface area contributed by atoms with Crippen molar-refractivity contribution < 1.29 is 4.79 Å². The fourth-order valence-electron chi connectivity index (χ4n) is 1.76. The number of amides is 1. The zero-order valence-corrected chi connectivity index (χ0v) is 10.6. The topological polar surface area (TPSA) is 33.2 Å². The number of hydrogen-bond donors (Lipinski definition) is 0. The lowest BCUT2D eigenvalue weighted by atomic mass is 10.1. The third-order valence-electron chi connectivity index (χ3n) is 2.52. The first-order valence-corrected chi connectivity index (χ1v) is 6.08. The Morgan fingerprint density at radius 1 is 1.38 bits per heavy atom. The molecular formula is C10H9Cl3N2O. The van der Waals surface area contributed by atoms with Crippen molar-refractivity contribution >= 4 is 46.4 Å². The molecule has 1 atom stereocenters. The molecule has 0 bridgehead atoms. The first kappa shape index (κ1) is 12.0. The fourth-order valence-corrected chi connectivity index (χ4v) is 2.54. The largest absolute Gasteiger partial charge is 0.309 e. The van der Waals surface area contributed by atoms with Crippen molar-refractivity contribution in [2.45, 2.75) is 6.42 Å². The summed E-state index contributed by atoms with van der Waals surface area (Å²) in [5.41, 5.74) is 0.538. The Bertz CT molecular complexity index is 404. The lowest BCUT2D eigenvalue weighted by Crippen LogP contribution is -2.25. The summed E-state index contributed by atoms with van der Waals surface area (Å²) in [7, 11) is 0. The Kier molecular flexibility index (Phi) is 3.57. The predicted molar refractivity (Wildman–Crippen MR) is 65.4 cm³/mol. The van der Waals surface area contributed by atoms with Gasteiger partial charge in [0, 0.05) is 31.2 Å². The summed E-state index contributed by atoms with van der Waals surface area (Å²) in [5, 5.41) is 0.771. The number of aromatic nitrogens is 1. The molecule has 0 spiro atoms. The number of rotatable bonds is 2. The van der Waals surface area contributed by atoms with Crippen molar-refractivity contribution in [1.29, 1.82) is 0 Å². The highest BCUT2D eigenvalue weighted by atomic mass is 35.5. The van der Waals surface area contributed by atoms with Crippen LogP contribution in [0.3, 0.4) is 0 Å². The summed E-state index contributed by atoms with van der Waals surface area (Å²) < 4.78 is 0. The van der Waals surface area contributed by atoms with Gasteiger partial charge in [0.1, 0.15) is 0 Å². The molecule has 1 aliphatic rings. The highest BCUT2D eigenvalue weighted by molar-refractivity contribution is 6.39. The quantitative estimate of drug-likeness (QED) is 0.780. The van der Waals surface area contributed by atoms with Crippen LogP contribution in [0, 0.1) is 5.92 Å². The van der Waals surface area contributed by atoms with Gasteiger partial charge in [-0.1, -0.05) is 23.2 Å². The van der Waals surface area contributed by atoms with E-state index in [1.54, 1.807) is 4.90 Å². The van der Waals surface area contributed by atoms with Crippen LogP contribution in [0.1, 0.15) is 6.42 Å². The van der Waals surface area contributed by atoms with Crippen molar-refractivity contribution in [2.75, 3.05) is 17.3 Å². The van der Waals surface area contributed by atoms with Crippen molar-refractivity contribution in [3.8, 4) is 0 Å². The molecule has 6 heteroatoms. The molecule has 86 valence electrons. The molecule has 0 aromatic carbocycles. The van der Waals surface area contributed by atoms with E-state index in [4.69, 9.17) is 34.8 Å². The number of halogens is 3. The highest BCUT2D eigenvalue weighted by Gasteiger charge is 2.32. The van der Waals surface area contributed by atoms with Gasteiger partial charge in [-0.2, -0.15) is 0 Å². The number of hydrogen-bond acceptors (Lipinski definition) is 2. The molecule has 2 heterocycles. The van der Waals surface area contributed by atoms with Gasteiger partial charge in [0.15, 0.2) is 0 Å². The molecule has 0 saturated carbocycles. The molecule has 1 unspecified atom stereocenters. The number of anilines is 1. The van der Waals surface area contributed by atoms with Gasteiger partial charge in [-0.3, -0.25) is 9.78 Å².